The predicted molar refractivity (Wildman–Crippen MR) is 168 cm³/mol. The number of aliphatic hydroxyl groups is 3. The van der Waals surface area contributed by atoms with Crippen molar-refractivity contribution in [1.82, 2.24) is 4.90 Å². The van der Waals surface area contributed by atoms with E-state index in [2.05, 4.69) is 10.6 Å². The van der Waals surface area contributed by atoms with Gasteiger partial charge >= 0.3 is 12.2 Å². The van der Waals surface area contributed by atoms with E-state index in [1.807, 2.05) is 0 Å². The van der Waals surface area contributed by atoms with Crippen LogP contribution in [0.15, 0.2) is 29.8 Å². The summed E-state index contributed by atoms with van der Waals surface area (Å²) in [6, 6.07) is 1.77. The molecule has 2 aromatic carbocycles. The summed E-state index contributed by atoms with van der Waals surface area (Å²) in [4.78, 5) is 55.9. The van der Waals surface area contributed by atoms with Gasteiger partial charge in [-0.2, -0.15) is 13.2 Å². The Morgan fingerprint density at radius 1 is 1.06 bits per heavy atom. The largest absolute Gasteiger partial charge is 0.507 e. The van der Waals surface area contributed by atoms with Crippen molar-refractivity contribution in [2.75, 3.05) is 43.7 Å². The number of phenolic OH excluding ortho intramolecular Hbond substituents is 1. The summed E-state index contributed by atoms with van der Waals surface area (Å²) < 4.78 is 40.8. The number of aliphatic hydroxyl groups excluding tert-OH is 2. The number of halogens is 4. The molecule has 3 amide bonds. The van der Waals surface area contributed by atoms with Crippen molar-refractivity contribution in [1.29, 1.82) is 0 Å². The number of nitrogens with zero attached hydrogens (tertiary/aromatic N) is 2. The molecule has 0 bridgehead atoms. The molecule has 2 saturated carbocycles. The van der Waals surface area contributed by atoms with Crippen LogP contribution in [0.2, 0.25) is 5.02 Å². The third-order valence-electron chi connectivity index (χ3n) is 9.33. The van der Waals surface area contributed by atoms with Gasteiger partial charge in [0.05, 0.1) is 28.6 Å². The topological polar surface area (TPSA) is 206 Å². The number of Topliss-reactive ketones (excluding diaryl/α,β-unsaturated/α-hetero) is 2. The lowest BCUT2D eigenvalue weighted by atomic mass is 9.54. The zero-order valence-electron chi connectivity index (χ0n) is 26.0. The summed E-state index contributed by atoms with van der Waals surface area (Å²) in [6.45, 7) is 0. The lowest BCUT2D eigenvalue weighted by molar-refractivity contribution is -0.184. The summed E-state index contributed by atoms with van der Waals surface area (Å²) in [5.74, 6) is -9.33. The van der Waals surface area contributed by atoms with Crippen LogP contribution in [0, 0.1) is 17.8 Å². The molecule has 8 N–H and O–H groups in total. The number of carbonyl (C=O) groups excluding carboxylic acids is 4. The Labute approximate surface area is 276 Å². The maximum atomic E-state index is 14.1. The number of amides is 3. The normalized spacial score (nSPS) is 26.9. The van der Waals surface area contributed by atoms with Crippen LogP contribution in [0.3, 0.4) is 0 Å². The number of rotatable bonds is 5. The lowest BCUT2D eigenvalue weighted by Gasteiger charge is -2.53. The number of hydrogen-bond acceptors (Lipinski definition) is 10. The molecule has 3 aliphatic carbocycles. The monoisotopic (exact) mass is 695 g/mol. The number of aromatic hydroxyl groups is 1. The molecular formula is C31H33ClF3N5O8. The molecule has 0 spiro atoms. The van der Waals surface area contributed by atoms with Crippen molar-refractivity contribution in [3.8, 4) is 5.75 Å². The second-order valence-electron chi connectivity index (χ2n) is 12.6. The van der Waals surface area contributed by atoms with Gasteiger partial charge in [0, 0.05) is 42.3 Å². The third kappa shape index (κ3) is 5.41. The molecule has 4 unspecified atom stereocenters. The Morgan fingerprint density at radius 3 is 2.25 bits per heavy atom. The fourth-order valence-corrected chi connectivity index (χ4v) is 7.45. The number of anilines is 3. The molecule has 0 aromatic heterocycles. The quantitative estimate of drug-likeness (QED) is 0.180. The van der Waals surface area contributed by atoms with E-state index in [0.717, 1.165) is 12.1 Å². The first-order chi connectivity index (χ1) is 22.2. The van der Waals surface area contributed by atoms with Crippen LogP contribution >= 0.6 is 11.6 Å². The predicted octanol–water partition coefficient (Wildman–Crippen LogP) is 2.51. The van der Waals surface area contributed by atoms with Gasteiger partial charge in [-0.1, -0.05) is 11.6 Å². The van der Waals surface area contributed by atoms with Gasteiger partial charge in [-0.05, 0) is 62.7 Å². The molecule has 2 fully saturated rings. The number of benzene rings is 2. The molecule has 6 atom stereocenters. The van der Waals surface area contributed by atoms with Gasteiger partial charge in [-0.15, -0.1) is 0 Å². The van der Waals surface area contributed by atoms with Crippen LogP contribution in [0.25, 0.3) is 5.76 Å². The van der Waals surface area contributed by atoms with E-state index in [1.165, 1.54) is 25.1 Å². The van der Waals surface area contributed by atoms with E-state index >= 15 is 0 Å². The Bertz CT molecular complexity index is 1780. The number of urea groups is 1. The second-order valence-corrected chi connectivity index (χ2v) is 13.0. The first-order valence-electron chi connectivity index (χ1n) is 14.6. The molecule has 0 heterocycles. The highest BCUT2D eigenvalue weighted by Crippen LogP contribution is 2.54. The SMILES string of the molecule is CN(C)c1cc(NC(=O)Nc2ccc(Cl)cc2C(F)(F)F)c(O)c2c1CC1CC3[C@H](N(C)C)C(O)C(C(N)=O)C(=O)[C@@]3(O)C(=O)C1=C2O. The van der Waals surface area contributed by atoms with Crippen LogP contribution in [0.1, 0.15) is 23.1 Å². The van der Waals surface area contributed by atoms with Gasteiger partial charge in [0.15, 0.2) is 17.1 Å². The summed E-state index contributed by atoms with van der Waals surface area (Å²) >= 11 is 5.71. The number of fused-ring (bicyclic) bond motifs is 3. The minimum atomic E-state index is -4.87. The first-order valence-corrected chi connectivity index (χ1v) is 15.0. The second kappa shape index (κ2) is 11.9. The standard InChI is InChI=1S/C31H33ClF3N5O8/c1-39(2)18-10-17(38-29(47)37-16-6-5-12(32)9-14(16)31(33,34)35)23(41)20-13(18)7-11-8-15-22(40(3)4)25(43)21(28(36)46)27(45)30(15,48)26(44)19(11)24(20)42/h5-6,9-11,15,21-22,25,41-43,48H,7-8H2,1-4H3,(H2,36,46)(H2,37,38,47)/t11?,15?,21?,22-,25?,30-/m0/s1. The van der Waals surface area contributed by atoms with E-state index in [9.17, 15) is 52.8 Å². The van der Waals surface area contributed by atoms with Gasteiger partial charge in [0.25, 0.3) is 0 Å². The summed E-state index contributed by atoms with van der Waals surface area (Å²) in [5.41, 5.74) is 0.252. The summed E-state index contributed by atoms with van der Waals surface area (Å²) in [7, 11) is 6.30. The number of carbonyl (C=O) groups is 4. The van der Waals surface area contributed by atoms with E-state index in [1.54, 1.807) is 19.0 Å². The Hall–Kier alpha value is -4.38. The maximum Gasteiger partial charge on any atom is 0.418 e. The lowest BCUT2D eigenvalue weighted by Crippen LogP contribution is -2.73. The van der Waals surface area contributed by atoms with Crippen molar-refractivity contribution in [3.63, 3.8) is 0 Å². The number of phenols is 1. The van der Waals surface area contributed by atoms with E-state index in [-0.39, 0.29) is 29.1 Å². The Balaban J connectivity index is 1.59. The van der Waals surface area contributed by atoms with Crippen LogP contribution in [-0.2, 0) is 27.0 Å². The molecule has 48 heavy (non-hydrogen) atoms. The van der Waals surface area contributed by atoms with Crippen LogP contribution in [0.4, 0.5) is 35.0 Å². The highest BCUT2D eigenvalue weighted by Gasteiger charge is 2.67. The average molecular weight is 696 g/mol. The maximum absolute atomic E-state index is 14.1. The van der Waals surface area contributed by atoms with Crippen LogP contribution in [-0.4, -0.2) is 94.8 Å². The molecule has 5 rings (SSSR count). The van der Waals surface area contributed by atoms with Crippen LogP contribution in [0.5, 0.6) is 5.75 Å². The molecule has 3 aliphatic rings. The fraction of sp³-hybridized carbons (Fsp3) is 0.419. The Kier molecular flexibility index (Phi) is 8.69. The number of nitrogens with one attached hydrogen (secondary N) is 2. The molecule has 17 heteroatoms. The van der Waals surface area contributed by atoms with Crippen molar-refractivity contribution in [3.05, 3.63) is 51.6 Å². The first kappa shape index (κ1) is 34.9. The third-order valence-corrected chi connectivity index (χ3v) is 9.57. The number of alkyl halides is 3. The number of nitrogens with two attached hydrogens (primary N) is 1. The van der Waals surface area contributed by atoms with Gasteiger partial charge in [-0.25, -0.2) is 4.79 Å². The van der Waals surface area contributed by atoms with E-state index < -0.39 is 93.5 Å². The highest BCUT2D eigenvalue weighted by atomic mass is 35.5. The van der Waals surface area contributed by atoms with Crippen molar-refractivity contribution in [2.24, 2.45) is 23.5 Å². The van der Waals surface area contributed by atoms with Crippen molar-refractivity contribution in [2.45, 2.75) is 36.8 Å². The minimum Gasteiger partial charge on any atom is -0.507 e. The molecule has 258 valence electrons. The number of primary amides is 1. The molecule has 13 nitrogen and oxygen atoms in total. The van der Waals surface area contributed by atoms with Gasteiger partial charge in [-0.3, -0.25) is 14.4 Å². The minimum absolute atomic E-state index is 0.00992. The van der Waals surface area contributed by atoms with E-state index in [4.69, 9.17) is 17.3 Å². The molecule has 2 aromatic rings. The number of hydrogen-bond donors (Lipinski definition) is 7. The molecule has 0 radical (unpaired) electrons. The zero-order valence-corrected chi connectivity index (χ0v) is 26.8. The van der Waals surface area contributed by atoms with Gasteiger partial charge in [0.1, 0.15) is 11.7 Å². The number of likely N-dealkylation sites (N-methyl/N-ethyl adjacent to an activating group) is 1. The van der Waals surface area contributed by atoms with E-state index in [0.29, 0.717) is 17.3 Å². The van der Waals surface area contributed by atoms with Gasteiger partial charge < -0.3 is 46.6 Å². The van der Waals surface area contributed by atoms with Crippen molar-refractivity contribution >= 4 is 57.9 Å². The smallest absolute Gasteiger partial charge is 0.418 e. The fourth-order valence-electron chi connectivity index (χ4n) is 7.28. The molecular weight excluding hydrogens is 663 g/mol. The van der Waals surface area contributed by atoms with Gasteiger partial charge in [0.2, 0.25) is 11.7 Å². The number of ketones is 2. The zero-order chi connectivity index (χ0) is 35.8. The van der Waals surface area contributed by atoms with Crippen molar-refractivity contribution < 1.29 is 52.8 Å². The Morgan fingerprint density at radius 2 is 1.69 bits per heavy atom. The molecule has 0 saturated heterocycles. The van der Waals surface area contributed by atoms with Crippen LogP contribution < -0.4 is 21.3 Å². The highest BCUT2D eigenvalue weighted by molar-refractivity contribution is 6.30. The summed E-state index contributed by atoms with van der Waals surface area (Å²) in [6.07, 6.45) is -6.62. The average Bonchev–Trinajstić information content (AvgIpc) is 2.96. The molecule has 0 aliphatic heterocycles. The summed E-state index contributed by atoms with van der Waals surface area (Å²) in [5, 5.41) is 49.9.